The number of carboxylic acids is 1. The molecule has 0 fully saturated rings. The summed E-state index contributed by atoms with van der Waals surface area (Å²) in [6, 6.07) is 0. The van der Waals surface area contributed by atoms with E-state index in [0.717, 1.165) is 0 Å². The molecule has 3 heteroatoms. The van der Waals surface area contributed by atoms with E-state index < -0.39 is 5.97 Å². The molecule has 0 heterocycles. The van der Waals surface area contributed by atoms with Crippen molar-refractivity contribution >= 4 is 17.7 Å². The molecule has 0 rings (SSSR count). The lowest BCUT2D eigenvalue weighted by atomic mass is 10.2. The average molecular weight is 270 g/mol. The normalized spacial score (nSPS) is 7.78. The summed E-state index contributed by atoms with van der Waals surface area (Å²) in [5, 5.41) is 8.50. The van der Waals surface area contributed by atoms with E-state index in [1.807, 2.05) is 41.5 Å². The minimum atomic E-state index is -0.734. The molecule has 0 unspecified atom stereocenters. The van der Waals surface area contributed by atoms with Crippen molar-refractivity contribution in [2.24, 2.45) is 0 Å². The highest BCUT2D eigenvalue weighted by Crippen LogP contribution is 2.23. The Bertz CT molecular complexity index is 291. The topological polar surface area (TPSA) is 37.3 Å². The van der Waals surface area contributed by atoms with Gasteiger partial charge in [-0.25, -0.2) is 0 Å². The molecule has 0 saturated carbocycles. The summed E-state index contributed by atoms with van der Waals surface area (Å²) < 4.78 is 0. The molecule has 0 aliphatic carbocycles. The van der Waals surface area contributed by atoms with Crippen molar-refractivity contribution in [1.29, 1.82) is 0 Å². The number of hydrogen-bond donors (Lipinski definition) is 1. The minimum Gasteiger partial charge on any atom is -0.481 e. The van der Waals surface area contributed by atoms with Crippen LogP contribution in [0.2, 0.25) is 0 Å². The highest BCUT2D eigenvalue weighted by Gasteiger charge is 2.00. The lowest BCUT2D eigenvalue weighted by molar-refractivity contribution is -0.136. The number of thioether (sulfide) groups is 1. The van der Waals surface area contributed by atoms with Gasteiger partial charge in [0.15, 0.2) is 0 Å². The summed E-state index contributed by atoms with van der Waals surface area (Å²) in [5.41, 5.74) is 2.48. The zero-order valence-corrected chi connectivity index (χ0v) is 13.2. The summed E-state index contributed by atoms with van der Waals surface area (Å²) in [4.78, 5) is 11.5. The van der Waals surface area contributed by atoms with Crippen molar-refractivity contribution in [3.8, 4) is 12.8 Å². The van der Waals surface area contributed by atoms with Gasteiger partial charge in [-0.3, -0.25) is 4.79 Å². The first-order valence-corrected chi connectivity index (χ1v) is 6.92. The van der Waals surface area contributed by atoms with Crippen molar-refractivity contribution < 1.29 is 9.90 Å². The number of carboxylic acid groups (broad SMARTS) is 1. The Hall–Kier alpha value is -1.14. The van der Waals surface area contributed by atoms with Crippen LogP contribution in [0.25, 0.3) is 0 Å². The van der Waals surface area contributed by atoms with Crippen molar-refractivity contribution in [3.63, 3.8) is 0 Å². The third kappa shape index (κ3) is 17.3. The van der Waals surface area contributed by atoms with Crippen molar-refractivity contribution in [1.82, 2.24) is 0 Å². The second kappa shape index (κ2) is 15.9. The van der Waals surface area contributed by atoms with Gasteiger partial charge in [-0.1, -0.05) is 31.1 Å². The smallest absolute Gasteiger partial charge is 0.304 e. The monoisotopic (exact) mass is 270 g/mol. The number of hydrogen-bond acceptors (Lipinski definition) is 2. The Labute approximate surface area is 117 Å². The summed E-state index contributed by atoms with van der Waals surface area (Å²) in [6.07, 6.45) is 10.3. The van der Waals surface area contributed by atoms with E-state index >= 15 is 0 Å². The highest BCUT2D eigenvalue weighted by atomic mass is 32.2. The maximum Gasteiger partial charge on any atom is 0.304 e. The van der Waals surface area contributed by atoms with E-state index in [2.05, 4.69) is 18.9 Å². The average Bonchev–Trinajstić information content (AvgIpc) is 2.32. The van der Waals surface area contributed by atoms with E-state index in [1.165, 1.54) is 16.1 Å². The maximum absolute atomic E-state index is 10.3. The number of aliphatic carboxylic acids is 1. The minimum absolute atomic E-state index is 0.220. The predicted octanol–water partition coefficient (Wildman–Crippen LogP) is 4.73. The second-order valence-electron chi connectivity index (χ2n) is 3.58. The van der Waals surface area contributed by atoms with Crippen LogP contribution < -0.4 is 0 Å². The molecule has 0 radical (unpaired) electrons. The molecule has 0 aromatic rings. The van der Waals surface area contributed by atoms with Crippen LogP contribution in [0.15, 0.2) is 22.1 Å². The Balaban J connectivity index is -0.000000506. The summed E-state index contributed by atoms with van der Waals surface area (Å²) in [6.45, 7) is 12.2. The fourth-order valence-corrected chi connectivity index (χ4v) is 1.95. The van der Waals surface area contributed by atoms with Crippen LogP contribution in [0.3, 0.4) is 0 Å². The van der Waals surface area contributed by atoms with Gasteiger partial charge in [-0.15, -0.1) is 24.6 Å². The molecule has 104 valence electrons. The molecule has 0 aromatic heterocycles. The molecular formula is C15H26O2S. The molecule has 0 saturated heterocycles. The van der Waals surface area contributed by atoms with Crippen LogP contribution in [-0.4, -0.2) is 16.8 Å². The Morgan fingerprint density at radius 3 is 1.89 bits per heavy atom. The summed E-state index contributed by atoms with van der Waals surface area (Å²) >= 11 is 1.61. The van der Waals surface area contributed by atoms with Gasteiger partial charge in [-0.05, 0) is 27.7 Å². The zero-order chi connectivity index (χ0) is 15.1. The highest BCUT2D eigenvalue weighted by molar-refractivity contribution is 8.03. The van der Waals surface area contributed by atoms with E-state index in [9.17, 15) is 4.79 Å². The molecule has 2 nitrogen and oxygen atoms in total. The predicted molar refractivity (Wildman–Crippen MR) is 83.8 cm³/mol. The van der Waals surface area contributed by atoms with Crippen LogP contribution in [0.4, 0.5) is 0 Å². The maximum atomic E-state index is 10.3. The molecule has 0 aromatic carbocycles. The second-order valence-corrected chi connectivity index (χ2v) is 4.71. The van der Waals surface area contributed by atoms with E-state index in [4.69, 9.17) is 5.11 Å². The third-order valence-corrected chi connectivity index (χ3v) is 2.73. The van der Waals surface area contributed by atoms with Crippen LogP contribution in [0, 0.1) is 12.8 Å². The molecule has 0 bridgehead atoms. The van der Waals surface area contributed by atoms with Crippen molar-refractivity contribution in [2.45, 2.75) is 48.0 Å². The zero-order valence-electron chi connectivity index (χ0n) is 12.4. The van der Waals surface area contributed by atoms with Gasteiger partial charge in [-0.2, -0.15) is 0 Å². The SMILES string of the molecule is C#C.CC.CC(C)=CC(SCCC(=O)O)=C(C)C. The largest absolute Gasteiger partial charge is 0.481 e. The van der Waals surface area contributed by atoms with Gasteiger partial charge < -0.3 is 5.11 Å². The Kier molecular flexibility index (Phi) is 19.5. The fourth-order valence-electron chi connectivity index (χ4n) is 0.841. The van der Waals surface area contributed by atoms with E-state index in [0.29, 0.717) is 5.75 Å². The van der Waals surface area contributed by atoms with Crippen LogP contribution >= 0.6 is 11.8 Å². The lowest BCUT2D eigenvalue weighted by Gasteiger charge is -2.04. The van der Waals surface area contributed by atoms with Crippen LogP contribution in [0.5, 0.6) is 0 Å². The fraction of sp³-hybridized carbons (Fsp3) is 0.533. The van der Waals surface area contributed by atoms with Gasteiger partial charge in [0.1, 0.15) is 0 Å². The molecular weight excluding hydrogens is 244 g/mol. The lowest BCUT2D eigenvalue weighted by Crippen LogP contribution is -1.96. The number of allylic oxidation sites excluding steroid dienone is 3. The first-order chi connectivity index (χ1) is 8.43. The van der Waals surface area contributed by atoms with Crippen molar-refractivity contribution in [2.75, 3.05) is 5.75 Å². The summed E-state index contributed by atoms with van der Waals surface area (Å²) in [5.74, 6) is -0.0950. The third-order valence-electron chi connectivity index (χ3n) is 1.49. The quantitative estimate of drug-likeness (QED) is 0.579. The van der Waals surface area contributed by atoms with Gasteiger partial charge in [0.2, 0.25) is 0 Å². The number of terminal acetylenes is 1. The molecule has 0 atom stereocenters. The van der Waals surface area contributed by atoms with Gasteiger partial charge >= 0.3 is 5.97 Å². The first kappa shape index (κ1) is 22.1. The molecule has 0 amide bonds. The van der Waals surface area contributed by atoms with Gasteiger partial charge in [0, 0.05) is 10.7 Å². The van der Waals surface area contributed by atoms with Crippen LogP contribution in [-0.2, 0) is 4.79 Å². The molecule has 0 spiro atoms. The molecule has 18 heavy (non-hydrogen) atoms. The molecule has 1 N–H and O–H groups in total. The van der Waals surface area contributed by atoms with E-state index in [1.54, 1.807) is 11.8 Å². The van der Waals surface area contributed by atoms with Gasteiger partial charge in [0.05, 0.1) is 6.42 Å². The van der Waals surface area contributed by atoms with Gasteiger partial charge in [0.25, 0.3) is 0 Å². The Morgan fingerprint density at radius 1 is 1.17 bits per heavy atom. The van der Waals surface area contributed by atoms with E-state index in [-0.39, 0.29) is 6.42 Å². The summed E-state index contributed by atoms with van der Waals surface area (Å²) in [7, 11) is 0. The first-order valence-electron chi connectivity index (χ1n) is 5.93. The molecule has 0 aliphatic heterocycles. The number of carbonyl (C=O) groups is 1. The van der Waals surface area contributed by atoms with Crippen molar-refractivity contribution in [3.05, 3.63) is 22.1 Å². The Morgan fingerprint density at radius 2 is 1.61 bits per heavy atom. The number of rotatable bonds is 5. The van der Waals surface area contributed by atoms with Crippen LogP contribution in [0.1, 0.15) is 48.0 Å². The standard InChI is InChI=1S/C11H18O2S.C2H6.C2H2/c1-8(2)7-10(9(3)4)14-6-5-11(12)13;2*1-2/h7H,5-6H2,1-4H3,(H,12,13);1-2H3;1-2H. The molecule has 0 aliphatic rings.